The van der Waals surface area contributed by atoms with Crippen LogP contribution in [0.5, 0.6) is 0 Å². The standard InChI is InChI=1S/C8H11F3N2/c1-5(2)7-4-13(8(9,10)11)12-6(7)3/h4-5H,1-3H3. The Morgan fingerprint density at radius 1 is 1.38 bits per heavy atom. The Hall–Kier alpha value is -1.00. The summed E-state index contributed by atoms with van der Waals surface area (Å²) in [5, 5.41) is 3.39. The number of hydrogen-bond acceptors (Lipinski definition) is 1. The maximum absolute atomic E-state index is 12.1. The molecule has 0 amide bonds. The summed E-state index contributed by atoms with van der Waals surface area (Å²) in [6, 6.07) is 0. The zero-order valence-electron chi connectivity index (χ0n) is 7.68. The number of aromatic nitrogens is 2. The van der Waals surface area contributed by atoms with E-state index in [4.69, 9.17) is 0 Å². The first-order valence-electron chi connectivity index (χ1n) is 3.95. The summed E-state index contributed by atoms with van der Waals surface area (Å²) >= 11 is 0. The van der Waals surface area contributed by atoms with Crippen LogP contribution in [-0.2, 0) is 6.30 Å². The summed E-state index contributed by atoms with van der Waals surface area (Å²) in [6.07, 6.45) is -3.36. The molecule has 0 unspecified atom stereocenters. The SMILES string of the molecule is Cc1nn(C(F)(F)F)cc1C(C)C. The average molecular weight is 192 g/mol. The highest BCUT2D eigenvalue weighted by Crippen LogP contribution is 2.25. The van der Waals surface area contributed by atoms with Gasteiger partial charge in [0, 0.05) is 6.20 Å². The highest BCUT2D eigenvalue weighted by Gasteiger charge is 2.32. The molecule has 1 aromatic rings. The summed E-state index contributed by atoms with van der Waals surface area (Å²) in [7, 11) is 0. The van der Waals surface area contributed by atoms with Gasteiger partial charge < -0.3 is 0 Å². The molecule has 0 N–H and O–H groups in total. The fourth-order valence-electron chi connectivity index (χ4n) is 1.17. The average Bonchev–Trinajstić information content (AvgIpc) is 2.29. The van der Waals surface area contributed by atoms with Crippen molar-refractivity contribution in [1.29, 1.82) is 0 Å². The molecule has 0 saturated carbocycles. The van der Waals surface area contributed by atoms with Crippen molar-refractivity contribution in [2.24, 2.45) is 0 Å². The van der Waals surface area contributed by atoms with E-state index >= 15 is 0 Å². The molecular weight excluding hydrogens is 181 g/mol. The summed E-state index contributed by atoms with van der Waals surface area (Å²) in [4.78, 5) is 0. The lowest BCUT2D eigenvalue weighted by Crippen LogP contribution is -2.17. The first kappa shape index (κ1) is 10.1. The maximum atomic E-state index is 12.1. The van der Waals surface area contributed by atoms with Crippen LogP contribution in [0.3, 0.4) is 0 Å². The lowest BCUT2D eigenvalue weighted by molar-refractivity contribution is -0.212. The predicted molar refractivity (Wildman–Crippen MR) is 42.4 cm³/mol. The summed E-state index contributed by atoms with van der Waals surface area (Å²) in [5.74, 6) is 0.0658. The van der Waals surface area contributed by atoms with Gasteiger partial charge in [-0.15, -0.1) is 13.2 Å². The molecule has 0 bridgehead atoms. The van der Waals surface area contributed by atoms with Gasteiger partial charge in [-0.2, -0.15) is 9.78 Å². The highest BCUT2D eigenvalue weighted by atomic mass is 19.4. The second kappa shape index (κ2) is 3.05. The van der Waals surface area contributed by atoms with Crippen LogP contribution in [0.2, 0.25) is 0 Å². The zero-order chi connectivity index (χ0) is 10.2. The van der Waals surface area contributed by atoms with Crippen LogP contribution in [0.4, 0.5) is 13.2 Å². The van der Waals surface area contributed by atoms with Crippen molar-refractivity contribution in [1.82, 2.24) is 9.78 Å². The highest BCUT2D eigenvalue weighted by molar-refractivity contribution is 5.19. The molecule has 74 valence electrons. The quantitative estimate of drug-likeness (QED) is 0.669. The van der Waals surface area contributed by atoms with Gasteiger partial charge in [-0.1, -0.05) is 13.8 Å². The molecule has 0 radical (unpaired) electrons. The van der Waals surface area contributed by atoms with E-state index in [1.165, 1.54) is 0 Å². The Balaban J connectivity index is 3.10. The van der Waals surface area contributed by atoms with Gasteiger partial charge in [0.25, 0.3) is 0 Å². The van der Waals surface area contributed by atoms with Gasteiger partial charge in [0.15, 0.2) is 0 Å². The van der Waals surface area contributed by atoms with Gasteiger partial charge in [-0.25, -0.2) is 0 Å². The molecule has 0 spiro atoms. The Morgan fingerprint density at radius 2 is 1.92 bits per heavy atom. The van der Waals surface area contributed by atoms with Crippen molar-refractivity contribution < 1.29 is 13.2 Å². The molecule has 13 heavy (non-hydrogen) atoms. The molecule has 1 rings (SSSR count). The van der Waals surface area contributed by atoms with Gasteiger partial charge in [-0.3, -0.25) is 0 Å². The fraction of sp³-hybridized carbons (Fsp3) is 0.625. The van der Waals surface area contributed by atoms with Crippen LogP contribution >= 0.6 is 0 Å². The van der Waals surface area contributed by atoms with Crippen molar-refractivity contribution >= 4 is 0 Å². The van der Waals surface area contributed by atoms with E-state index in [1.54, 1.807) is 6.92 Å². The molecule has 2 nitrogen and oxygen atoms in total. The van der Waals surface area contributed by atoms with E-state index in [9.17, 15) is 13.2 Å². The van der Waals surface area contributed by atoms with Crippen LogP contribution in [0.15, 0.2) is 6.20 Å². The number of rotatable bonds is 1. The van der Waals surface area contributed by atoms with Gasteiger partial charge in [0.05, 0.1) is 5.69 Å². The topological polar surface area (TPSA) is 17.8 Å². The Labute approximate surface area is 74.4 Å². The third-order valence-corrected chi connectivity index (χ3v) is 1.82. The maximum Gasteiger partial charge on any atom is 0.504 e. The van der Waals surface area contributed by atoms with Gasteiger partial charge in [0.2, 0.25) is 0 Å². The number of aryl methyl sites for hydroxylation is 1. The Bertz CT molecular complexity index is 299. The Morgan fingerprint density at radius 3 is 2.15 bits per heavy atom. The molecule has 0 fully saturated rings. The van der Waals surface area contributed by atoms with Crippen molar-refractivity contribution in [3.63, 3.8) is 0 Å². The van der Waals surface area contributed by atoms with E-state index in [2.05, 4.69) is 5.10 Å². The molecule has 0 saturated heterocycles. The first-order chi connectivity index (χ1) is 5.82. The molecule has 1 heterocycles. The van der Waals surface area contributed by atoms with E-state index in [1.807, 2.05) is 13.8 Å². The van der Waals surface area contributed by atoms with E-state index < -0.39 is 6.30 Å². The zero-order valence-corrected chi connectivity index (χ0v) is 7.68. The molecule has 0 aromatic carbocycles. The lowest BCUT2D eigenvalue weighted by atomic mass is 10.1. The summed E-state index contributed by atoms with van der Waals surface area (Å²) in [5.41, 5.74) is 1.07. The molecule has 0 aliphatic heterocycles. The summed E-state index contributed by atoms with van der Waals surface area (Å²) < 4.78 is 36.5. The van der Waals surface area contributed by atoms with E-state index in [0.29, 0.717) is 11.3 Å². The molecular formula is C8H11F3N2. The minimum absolute atomic E-state index is 0.0532. The number of alkyl halides is 3. The monoisotopic (exact) mass is 192 g/mol. The van der Waals surface area contributed by atoms with Crippen molar-refractivity contribution in [3.8, 4) is 0 Å². The van der Waals surface area contributed by atoms with Crippen LogP contribution in [0.25, 0.3) is 0 Å². The predicted octanol–water partition coefficient (Wildman–Crippen LogP) is 2.79. The summed E-state index contributed by atoms with van der Waals surface area (Å²) in [6.45, 7) is 5.26. The van der Waals surface area contributed by atoms with Crippen LogP contribution < -0.4 is 0 Å². The molecule has 5 heteroatoms. The number of nitrogens with zero attached hydrogens (tertiary/aromatic N) is 2. The van der Waals surface area contributed by atoms with Gasteiger partial charge in [0.1, 0.15) is 0 Å². The van der Waals surface area contributed by atoms with Crippen LogP contribution in [-0.4, -0.2) is 9.78 Å². The van der Waals surface area contributed by atoms with Crippen LogP contribution in [0.1, 0.15) is 31.0 Å². The third kappa shape index (κ3) is 2.02. The molecule has 0 atom stereocenters. The van der Waals surface area contributed by atoms with E-state index in [0.717, 1.165) is 6.20 Å². The molecule has 0 aliphatic rings. The minimum Gasteiger partial charge on any atom is -0.178 e. The van der Waals surface area contributed by atoms with Crippen molar-refractivity contribution in [2.45, 2.75) is 33.0 Å². The fourth-order valence-corrected chi connectivity index (χ4v) is 1.17. The van der Waals surface area contributed by atoms with Gasteiger partial charge in [-0.05, 0) is 18.4 Å². The second-order valence-corrected chi connectivity index (χ2v) is 3.24. The Kier molecular flexibility index (Phi) is 2.36. The first-order valence-corrected chi connectivity index (χ1v) is 3.95. The largest absolute Gasteiger partial charge is 0.504 e. The van der Waals surface area contributed by atoms with Gasteiger partial charge >= 0.3 is 6.30 Å². The van der Waals surface area contributed by atoms with Crippen molar-refractivity contribution in [3.05, 3.63) is 17.5 Å². The molecule has 0 aliphatic carbocycles. The molecule has 1 aromatic heterocycles. The number of halogens is 3. The van der Waals surface area contributed by atoms with E-state index in [-0.39, 0.29) is 10.6 Å². The smallest absolute Gasteiger partial charge is 0.178 e. The minimum atomic E-state index is -4.40. The lowest BCUT2D eigenvalue weighted by Gasteiger charge is -2.04. The third-order valence-electron chi connectivity index (χ3n) is 1.82. The van der Waals surface area contributed by atoms with Crippen LogP contribution in [0, 0.1) is 6.92 Å². The second-order valence-electron chi connectivity index (χ2n) is 3.24. The van der Waals surface area contributed by atoms with Crippen molar-refractivity contribution in [2.75, 3.05) is 0 Å². The number of hydrogen-bond donors (Lipinski definition) is 0. The normalized spacial score (nSPS) is 12.5.